The summed E-state index contributed by atoms with van der Waals surface area (Å²) in [6, 6.07) is 5.96. The molecule has 1 unspecified atom stereocenters. The maximum atomic E-state index is 9.73. The molecule has 94 valence electrons. The molecule has 2 rings (SSSR count). The van der Waals surface area contributed by atoms with Crippen LogP contribution in [0.15, 0.2) is 18.2 Å². The van der Waals surface area contributed by atoms with Crippen molar-refractivity contribution in [2.45, 2.75) is 25.5 Å². The van der Waals surface area contributed by atoms with Gasteiger partial charge in [0.05, 0.1) is 6.10 Å². The molecule has 0 aliphatic carbocycles. The van der Waals surface area contributed by atoms with E-state index in [1.54, 1.807) is 0 Å². The lowest BCUT2D eigenvalue weighted by Crippen LogP contribution is -2.38. The van der Waals surface area contributed by atoms with E-state index in [4.69, 9.17) is 11.6 Å². The van der Waals surface area contributed by atoms with Gasteiger partial charge in [-0.3, -0.25) is 0 Å². The Kier molecular flexibility index (Phi) is 4.26. The fourth-order valence-electron chi connectivity index (χ4n) is 2.37. The number of nitrogens with one attached hydrogen (secondary N) is 1. The van der Waals surface area contributed by atoms with Gasteiger partial charge in [-0.05, 0) is 43.7 Å². The molecule has 0 radical (unpaired) electrons. The molecule has 1 aliphatic heterocycles. The summed E-state index contributed by atoms with van der Waals surface area (Å²) in [5.41, 5.74) is 2.37. The summed E-state index contributed by atoms with van der Waals surface area (Å²) in [5.74, 6) is 0. The Morgan fingerprint density at radius 2 is 2.35 bits per heavy atom. The second-order valence-electron chi connectivity index (χ2n) is 4.55. The maximum Gasteiger partial charge on any atom is 0.0715 e. The van der Waals surface area contributed by atoms with Gasteiger partial charge in [0.25, 0.3) is 0 Å². The molecule has 0 saturated carbocycles. The average molecular weight is 255 g/mol. The number of piperidine rings is 1. The second kappa shape index (κ2) is 5.71. The van der Waals surface area contributed by atoms with Crippen LogP contribution in [0.1, 0.15) is 18.4 Å². The van der Waals surface area contributed by atoms with Gasteiger partial charge in [-0.2, -0.15) is 0 Å². The summed E-state index contributed by atoms with van der Waals surface area (Å²) in [6.45, 7) is 2.52. The van der Waals surface area contributed by atoms with Gasteiger partial charge >= 0.3 is 0 Å². The van der Waals surface area contributed by atoms with Crippen molar-refractivity contribution in [1.29, 1.82) is 0 Å². The minimum atomic E-state index is -0.207. The number of hydrogen-bond donors (Lipinski definition) is 2. The van der Waals surface area contributed by atoms with Crippen LogP contribution in [-0.4, -0.2) is 31.3 Å². The van der Waals surface area contributed by atoms with E-state index in [9.17, 15) is 5.11 Å². The summed E-state index contributed by atoms with van der Waals surface area (Å²) in [6.07, 6.45) is 1.75. The van der Waals surface area contributed by atoms with E-state index in [-0.39, 0.29) is 6.10 Å². The number of anilines is 1. The van der Waals surface area contributed by atoms with Crippen LogP contribution in [0.25, 0.3) is 0 Å². The normalized spacial score (nSPS) is 20.6. The molecule has 1 saturated heterocycles. The highest BCUT2D eigenvalue weighted by atomic mass is 35.5. The molecule has 0 bridgehead atoms. The number of rotatable bonds is 3. The van der Waals surface area contributed by atoms with Crippen LogP contribution in [0, 0.1) is 0 Å². The topological polar surface area (TPSA) is 35.5 Å². The SMILES string of the molecule is CNCc1cc(Cl)ccc1N1CCCC(O)C1. The van der Waals surface area contributed by atoms with Crippen LogP contribution in [-0.2, 0) is 6.54 Å². The minimum absolute atomic E-state index is 0.207. The Labute approximate surface area is 107 Å². The van der Waals surface area contributed by atoms with Gasteiger partial charge in [-0.1, -0.05) is 11.6 Å². The Morgan fingerprint density at radius 1 is 1.53 bits per heavy atom. The number of hydrogen-bond acceptors (Lipinski definition) is 3. The van der Waals surface area contributed by atoms with Crippen LogP contribution in [0.5, 0.6) is 0 Å². The molecular weight excluding hydrogens is 236 g/mol. The smallest absolute Gasteiger partial charge is 0.0715 e. The Balaban J connectivity index is 2.23. The number of aliphatic hydroxyl groups excluding tert-OH is 1. The molecule has 1 atom stereocenters. The number of aliphatic hydroxyl groups is 1. The largest absolute Gasteiger partial charge is 0.391 e. The zero-order valence-electron chi connectivity index (χ0n) is 10.1. The van der Waals surface area contributed by atoms with Gasteiger partial charge in [-0.15, -0.1) is 0 Å². The van der Waals surface area contributed by atoms with Gasteiger partial charge in [0.2, 0.25) is 0 Å². The second-order valence-corrected chi connectivity index (χ2v) is 4.98. The Hall–Kier alpha value is -0.770. The lowest BCUT2D eigenvalue weighted by Gasteiger charge is -2.33. The Bertz CT molecular complexity index is 384. The predicted molar refractivity (Wildman–Crippen MR) is 71.7 cm³/mol. The van der Waals surface area contributed by atoms with Crippen molar-refractivity contribution in [1.82, 2.24) is 5.32 Å². The minimum Gasteiger partial charge on any atom is -0.391 e. The van der Waals surface area contributed by atoms with Gasteiger partial charge in [0.15, 0.2) is 0 Å². The molecule has 17 heavy (non-hydrogen) atoms. The quantitative estimate of drug-likeness (QED) is 0.866. The van der Waals surface area contributed by atoms with Crippen molar-refractivity contribution in [3.63, 3.8) is 0 Å². The lowest BCUT2D eigenvalue weighted by molar-refractivity contribution is 0.154. The highest BCUT2D eigenvalue weighted by Gasteiger charge is 2.19. The molecule has 0 spiro atoms. The van der Waals surface area contributed by atoms with Crippen molar-refractivity contribution in [2.75, 3.05) is 25.0 Å². The van der Waals surface area contributed by atoms with Crippen molar-refractivity contribution in [2.24, 2.45) is 0 Å². The Morgan fingerprint density at radius 3 is 3.06 bits per heavy atom. The molecule has 0 aromatic heterocycles. The monoisotopic (exact) mass is 254 g/mol. The third-order valence-electron chi connectivity index (χ3n) is 3.15. The fourth-order valence-corrected chi connectivity index (χ4v) is 2.56. The number of β-amino-alcohol motifs (C(OH)–C–C–N with tert-alkyl or cyclic N) is 1. The molecule has 4 heteroatoms. The molecule has 1 aliphatic rings. The summed E-state index contributed by atoms with van der Waals surface area (Å²) in [5, 5.41) is 13.6. The fraction of sp³-hybridized carbons (Fsp3) is 0.538. The number of halogens is 1. The van der Waals surface area contributed by atoms with Crippen molar-refractivity contribution in [3.05, 3.63) is 28.8 Å². The summed E-state index contributed by atoms with van der Waals surface area (Å²) in [4.78, 5) is 2.25. The van der Waals surface area contributed by atoms with Gasteiger partial charge in [0, 0.05) is 30.3 Å². The van der Waals surface area contributed by atoms with E-state index >= 15 is 0 Å². The van der Waals surface area contributed by atoms with E-state index in [0.717, 1.165) is 37.5 Å². The standard InChI is InChI=1S/C13H19ClN2O/c1-15-8-10-7-11(14)4-5-13(10)16-6-2-3-12(17)9-16/h4-5,7,12,15,17H,2-3,6,8-9H2,1H3. The number of benzene rings is 1. The zero-order chi connectivity index (χ0) is 12.3. The molecule has 1 aromatic carbocycles. The molecular formula is C13H19ClN2O. The molecule has 3 nitrogen and oxygen atoms in total. The lowest BCUT2D eigenvalue weighted by atomic mass is 10.1. The summed E-state index contributed by atoms with van der Waals surface area (Å²) >= 11 is 6.02. The van der Waals surface area contributed by atoms with Crippen LogP contribution >= 0.6 is 11.6 Å². The van der Waals surface area contributed by atoms with Crippen molar-refractivity contribution < 1.29 is 5.11 Å². The van der Waals surface area contributed by atoms with Gasteiger partial charge in [-0.25, -0.2) is 0 Å². The van der Waals surface area contributed by atoms with Crippen LogP contribution < -0.4 is 10.2 Å². The van der Waals surface area contributed by atoms with Crippen LogP contribution in [0.4, 0.5) is 5.69 Å². The molecule has 0 amide bonds. The van der Waals surface area contributed by atoms with E-state index in [1.165, 1.54) is 11.3 Å². The zero-order valence-corrected chi connectivity index (χ0v) is 10.9. The van der Waals surface area contributed by atoms with E-state index in [2.05, 4.69) is 10.2 Å². The summed E-state index contributed by atoms with van der Waals surface area (Å²) < 4.78 is 0. The molecule has 2 N–H and O–H groups in total. The number of nitrogens with zero attached hydrogens (tertiary/aromatic N) is 1. The third-order valence-corrected chi connectivity index (χ3v) is 3.38. The van der Waals surface area contributed by atoms with Crippen LogP contribution in [0.2, 0.25) is 5.02 Å². The van der Waals surface area contributed by atoms with Crippen molar-refractivity contribution in [3.8, 4) is 0 Å². The highest BCUT2D eigenvalue weighted by Crippen LogP contribution is 2.27. The highest BCUT2D eigenvalue weighted by molar-refractivity contribution is 6.30. The first-order chi connectivity index (χ1) is 8.20. The molecule has 1 aromatic rings. The third kappa shape index (κ3) is 3.12. The first-order valence-corrected chi connectivity index (χ1v) is 6.44. The van der Waals surface area contributed by atoms with Crippen molar-refractivity contribution >= 4 is 17.3 Å². The van der Waals surface area contributed by atoms with E-state index in [0.29, 0.717) is 0 Å². The van der Waals surface area contributed by atoms with Gasteiger partial charge < -0.3 is 15.3 Å². The first kappa shape index (κ1) is 12.7. The first-order valence-electron chi connectivity index (χ1n) is 6.06. The summed E-state index contributed by atoms with van der Waals surface area (Å²) in [7, 11) is 1.93. The molecule has 1 fully saturated rings. The average Bonchev–Trinajstić information content (AvgIpc) is 2.29. The van der Waals surface area contributed by atoms with E-state index in [1.807, 2.05) is 25.2 Å². The maximum absolute atomic E-state index is 9.73. The predicted octanol–water partition coefficient (Wildman–Crippen LogP) is 2.02. The van der Waals surface area contributed by atoms with E-state index < -0.39 is 0 Å². The van der Waals surface area contributed by atoms with Crippen LogP contribution in [0.3, 0.4) is 0 Å². The molecule has 1 heterocycles. The van der Waals surface area contributed by atoms with Gasteiger partial charge in [0.1, 0.15) is 0 Å².